The first-order chi connectivity index (χ1) is 10.9. The molecule has 0 radical (unpaired) electrons. The molecular weight excluding hydrogens is 316 g/mol. The molecule has 0 atom stereocenters. The molecule has 0 aromatic carbocycles. The highest BCUT2D eigenvalue weighted by atomic mass is 32.1. The number of hydrogen-bond acceptors (Lipinski definition) is 5. The van der Waals surface area contributed by atoms with Gasteiger partial charge in [0, 0.05) is 17.8 Å². The molecule has 0 bridgehead atoms. The Hall–Kier alpha value is -1.96. The van der Waals surface area contributed by atoms with Gasteiger partial charge in [0.05, 0.1) is 10.7 Å². The number of rotatable bonds is 5. The lowest BCUT2D eigenvalue weighted by Gasteiger charge is -2.15. The average Bonchev–Trinajstić information content (AvgIpc) is 3.08. The highest BCUT2D eigenvalue weighted by molar-refractivity contribution is 7.11. The van der Waals surface area contributed by atoms with Gasteiger partial charge in [0.2, 0.25) is 5.91 Å². The maximum absolute atomic E-state index is 12.0. The molecule has 1 saturated heterocycles. The average molecular weight is 336 g/mol. The number of fused-ring (bicyclic) bond motifs is 1. The van der Waals surface area contributed by atoms with Crippen molar-refractivity contribution < 1.29 is 14.4 Å². The summed E-state index contributed by atoms with van der Waals surface area (Å²) in [5.74, 6) is -0.718. The second-order valence-electron chi connectivity index (χ2n) is 6.38. The molecule has 0 spiro atoms. The third-order valence-corrected chi connectivity index (χ3v) is 5.26. The van der Waals surface area contributed by atoms with Crippen LogP contribution in [0.2, 0.25) is 0 Å². The smallest absolute Gasteiger partial charge is 0.325 e. The zero-order chi connectivity index (χ0) is 16.6. The topological polar surface area (TPSA) is 91.4 Å². The quantitative estimate of drug-likeness (QED) is 0.771. The van der Waals surface area contributed by atoms with Crippen LogP contribution in [0.25, 0.3) is 0 Å². The van der Waals surface area contributed by atoms with Crippen molar-refractivity contribution in [1.82, 2.24) is 20.5 Å². The van der Waals surface area contributed by atoms with Crippen molar-refractivity contribution in [2.45, 2.75) is 45.1 Å². The number of amides is 4. The first-order valence-corrected chi connectivity index (χ1v) is 8.57. The van der Waals surface area contributed by atoms with Crippen LogP contribution in [0, 0.1) is 0 Å². The molecule has 1 fully saturated rings. The summed E-state index contributed by atoms with van der Waals surface area (Å²) in [5.41, 5.74) is 0.261. The molecule has 3 rings (SSSR count). The van der Waals surface area contributed by atoms with Gasteiger partial charge in [-0.05, 0) is 33.1 Å². The lowest BCUT2D eigenvalue weighted by atomic mass is 10.1. The molecule has 1 aromatic heterocycles. The molecule has 2 N–H and O–H groups in total. The Morgan fingerprint density at radius 1 is 1.39 bits per heavy atom. The van der Waals surface area contributed by atoms with E-state index in [0.29, 0.717) is 13.0 Å². The predicted molar refractivity (Wildman–Crippen MR) is 85.2 cm³/mol. The summed E-state index contributed by atoms with van der Waals surface area (Å²) in [6, 6.07) is -0.522. The van der Waals surface area contributed by atoms with Gasteiger partial charge in [-0.1, -0.05) is 0 Å². The normalized spacial score (nSPS) is 19.0. The van der Waals surface area contributed by atoms with Crippen LogP contribution in [0.4, 0.5) is 4.79 Å². The number of aryl methyl sites for hydroxylation is 2. The molecule has 7 nitrogen and oxygen atoms in total. The van der Waals surface area contributed by atoms with E-state index in [9.17, 15) is 14.4 Å². The van der Waals surface area contributed by atoms with Gasteiger partial charge in [0.1, 0.15) is 12.1 Å². The van der Waals surface area contributed by atoms with E-state index in [1.54, 1.807) is 25.2 Å². The molecule has 8 heteroatoms. The Labute approximate surface area is 138 Å². The molecular formula is C15H20N4O3S. The summed E-state index contributed by atoms with van der Waals surface area (Å²) in [6.07, 6.45) is 4.03. The van der Waals surface area contributed by atoms with Crippen LogP contribution in [0.5, 0.6) is 0 Å². The maximum atomic E-state index is 12.0. The van der Waals surface area contributed by atoms with Gasteiger partial charge in [-0.3, -0.25) is 14.5 Å². The Bertz CT molecular complexity index is 646. The van der Waals surface area contributed by atoms with E-state index in [1.807, 2.05) is 0 Å². The van der Waals surface area contributed by atoms with E-state index in [2.05, 4.69) is 15.6 Å². The monoisotopic (exact) mass is 336 g/mol. The molecule has 1 aliphatic carbocycles. The molecule has 1 aliphatic heterocycles. The minimum absolute atomic E-state index is 0.248. The Balaban J connectivity index is 1.46. The number of imide groups is 1. The summed E-state index contributed by atoms with van der Waals surface area (Å²) < 4.78 is 0. The van der Waals surface area contributed by atoms with Crippen LogP contribution < -0.4 is 10.6 Å². The number of aromatic nitrogens is 1. The van der Waals surface area contributed by atoms with Gasteiger partial charge in [-0.15, -0.1) is 11.3 Å². The van der Waals surface area contributed by atoms with Gasteiger partial charge >= 0.3 is 6.03 Å². The SMILES string of the molecule is CC1(C)NC(=O)N(CC(=O)NCCc2nc3c(s2)CCC3)C1=O. The molecule has 1 aromatic rings. The second-order valence-corrected chi connectivity index (χ2v) is 7.55. The summed E-state index contributed by atoms with van der Waals surface area (Å²) in [7, 11) is 0. The Morgan fingerprint density at radius 3 is 2.83 bits per heavy atom. The van der Waals surface area contributed by atoms with Gasteiger partial charge < -0.3 is 10.6 Å². The number of carbonyl (C=O) groups is 3. The zero-order valence-electron chi connectivity index (χ0n) is 13.3. The minimum atomic E-state index is -0.946. The van der Waals surface area contributed by atoms with Crippen LogP contribution in [0.1, 0.15) is 35.8 Å². The van der Waals surface area contributed by atoms with E-state index in [0.717, 1.165) is 22.7 Å². The third kappa shape index (κ3) is 3.21. The van der Waals surface area contributed by atoms with Crippen LogP contribution in [0.15, 0.2) is 0 Å². The highest BCUT2D eigenvalue weighted by Crippen LogP contribution is 2.27. The van der Waals surface area contributed by atoms with Crippen molar-refractivity contribution in [2.24, 2.45) is 0 Å². The number of nitrogens with one attached hydrogen (secondary N) is 2. The first-order valence-electron chi connectivity index (χ1n) is 7.75. The highest BCUT2D eigenvalue weighted by Gasteiger charge is 2.44. The van der Waals surface area contributed by atoms with Crippen LogP contribution >= 0.6 is 11.3 Å². The Morgan fingerprint density at radius 2 is 2.17 bits per heavy atom. The fourth-order valence-electron chi connectivity index (χ4n) is 2.82. The van der Waals surface area contributed by atoms with Crippen molar-refractivity contribution in [1.29, 1.82) is 0 Å². The van der Waals surface area contributed by atoms with E-state index < -0.39 is 11.6 Å². The molecule has 0 unspecified atom stereocenters. The molecule has 2 aliphatic rings. The maximum Gasteiger partial charge on any atom is 0.325 e. The number of thiazole rings is 1. The van der Waals surface area contributed by atoms with Crippen LogP contribution in [0.3, 0.4) is 0 Å². The summed E-state index contributed by atoms with van der Waals surface area (Å²) in [6.45, 7) is 3.44. The predicted octanol–water partition coefficient (Wildman–Crippen LogP) is 0.621. The molecule has 0 saturated carbocycles. The molecule has 23 heavy (non-hydrogen) atoms. The summed E-state index contributed by atoms with van der Waals surface area (Å²) in [4.78, 5) is 42.5. The van der Waals surface area contributed by atoms with E-state index in [4.69, 9.17) is 0 Å². The number of nitrogens with zero attached hydrogens (tertiary/aromatic N) is 2. The van der Waals surface area contributed by atoms with Crippen molar-refractivity contribution >= 4 is 29.2 Å². The van der Waals surface area contributed by atoms with Crippen molar-refractivity contribution in [2.75, 3.05) is 13.1 Å². The summed E-state index contributed by atoms with van der Waals surface area (Å²) in [5, 5.41) is 6.33. The Kier molecular flexibility index (Phi) is 4.09. The number of urea groups is 1. The molecule has 4 amide bonds. The van der Waals surface area contributed by atoms with Crippen molar-refractivity contribution in [3.8, 4) is 0 Å². The van der Waals surface area contributed by atoms with Crippen LogP contribution in [-0.2, 0) is 28.9 Å². The number of hydrogen-bond donors (Lipinski definition) is 2. The van der Waals surface area contributed by atoms with E-state index >= 15 is 0 Å². The fourth-order valence-corrected chi connectivity index (χ4v) is 3.98. The molecule has 124 valence electrons. The van der Waals surface area contributed by atoms with Gasteiger partial charge in [-0.2, -0.15) is 0 Å². The second kappa shape index (κ2) is 5.92. The molecule has 2 heterocycles. The van der Waals surface area contributed by atoms with Crippen molar-refractivity contribution in [3.63, 3.8) is 0 Å². The van der Waals surface area contributed by atoms with E-state index in [-0.39, 0.29) is 18.4 Å². The van der Waals surface area contributed by atoms with Gasteiger partial charge in [0.25, 0.3) is 5.91 Å². The van der Waals surface area contributed by atoms with Crippen molar-refractivity contribution in [3.05, 3.63) is 15.6 Å². The minimum Gasteiger partial charge on any atom is -0.354 e. The lowest BCUT2D eigenvalue weighted by molar-refractivity contribution is -0.134. The number of carbonyl (C=O) groups excluding carboxylic acids is 3. The fraction of sp³-hybridized carbons (Fsp3) is 0.600. The summed E-state index contributed by atoms with van der Waals surface area (Å²) >= 11 is 1.72. The standard InChI is InChI=1S/C15H20N4O3S/c1-15(2)13(21)19(14(22)18-15)8-11(20)16-7-6-12-17-9-4-3-5-10(9)23-12/h3-8H2,1-2H3,(H,16,20)(H,18,22). The first kappa shape index (κ1) is 15.9. The van der Waals surface area contributed by atoms with E-state index in [1.165, 1.54) is 17.0 Å². The van der Waals surface area contributed by atoms with Gasteiger partial charge in [0.15, 0.2) is 0 Å². The zero-order valence-corrected chi connectivity index (χ0v) is 14.1. The largest absolute Gasteiger partial charge is 0.354 e. The van der Waals surface area contributed by atoms with Crippen LogP contribution in [-0.4, -0.2) is 46.4 Å². The van der Waals surface area contributed by atoms with Gasteiger partial charge in [-0.25, -0.2) is 9.78 Å². The lowest BCUT2D eigenvalue weighted by Crippen LogP contribution is -2.43. The third-order valence-electron chi connectivity index (χ3n) is 4.05.